The fraction of sp³-hybridized carbons (Fsp3) is 0.727. The molecule has 1 amide bonds. The van der Waals surface area contributed by atoms with Gasteiger partial charge in [0.25, 0.3) is 0 Å². The van der Waals surface area contributed by atoms with Crippen LogP contribution in [0.2, 0.25) is 0 Å². The summed E-state index contributed by atoms with van der Waals surface area (Å²) in [7, 11) is 0. The summed E-state index contributed by atoms with van der Waals surface area (Å²) < 4.78 is 0. The van der Waals surface area contributed by atoms with E-state index in [9.17, 15) is 4.79 Å². The largest absolute Gasteiger partial charge is 0.332 e. The summed E-state index contributed by atoms with van der Waals surface area (Å²) in [6, 6.07) is 0. The minimum Gasteiger partial charge on any atom is -0.332 e. The molecule has 2 nitrogen and oxygen atoms in total. The number of amides is 1. The van der Waals surface area contributed by atoms with Gasteiger partial charge in [0.2, 0.25) is 5.91 Å². The first-order valence-electron chi connectivity index (χ1n) is 4.83. The van der Waals surface area contributed by atoms with E-state index >= 15 is 0 Å². The van der Waals surface area contributed by atoms with E-state index in [4.69, 9.17) is 6.42 Å². The molecule has 0 aromatic rings. The number of carbonyl (C=O) groups excluding carboxylic acids is 1. The highest BCUT2D eigenvalue weighted by Gasteiger charge is 2.10. The lowest BCUT2D eigenvalue weighted by molar-refractivity contribution is -0.130. The molecule has 0 aliphatic carbocycles. The first-order chi connectivity index (χ1) is 6.11. The highest BCUT2D eigenvalue weighted by Crippen LogP contribution is 2.05. The third kappa shape index (κ3) is 5.30. The van der Waals surface area contributed by atoms with E-state index < -0.39 is 0 Å². The van der Waals surface area contributed by atoms with E-state index in [2.05, 4.69) is 19.8 Å². The maximum atomic E-state index is 11.5. The molecule has 0 heterocycles. The van der Waals surface area contributed by atoms with Gasteiger partial charge < -0.3 is 4.90 Å². The second-order valence-electron chi connectivity index (χ2n) is 3.54. The summed E-state index contributed by atoms with van der Waals surface area (Å²) >= 11 is 0. The summed E-state index contributed by atoms with van der Waals surface area (Å²) in [5, 5.41) is 0. The standard InChI is InChI=1S/C11H19NO/c1-5-9-12(6-2)11(13)8-7-10(3)4/h1,10H,6-9H2,2-4H3. The lowest BCUT2D eigenvalue weighted by Gasteiger charge is -2.18. The molecule has 0 N–H and O–H groups in total. The number of hydrogen-bond donors (Lipinski definition) is 0. The van der Waals surface area contributed by atoms with Gasteiger partial charge >= 0.3 is 0 Å². The SMILES string of the molecule is C#CCN(CC)C(=O)CCC(C)C. The summed E-state index contributed by atoms with van der Waals surface area (Å²) in [4.78, 5) is 13.2. The Morgan fingerprint density at radius 3 is 2.54 bits per heavy atom. The summed E-state index contributed by atoms with van der Waals surface area (Å²) in [6.45, 7) is 7.33. The van der Waals surface area contributed by atoms with E-state index in [-0.39, 0.29) is 5.91 Å². The smallest absolute Gasteiger partial charge is 0.223 e. The topological polar surface area (TPSA) is 20.3 Å². The third-order valence-corrected chi connectivity index (χ3v) is 1.95. The van der Waals surface area contributed by atoms with E-state index in [1.54, 1.807) is 4.90 Å². The minimum atomic E-state index is 0.175. The Bertz CT molecular complexity index is 191. The van der Waals surface area contributed by atoms with Crippen LogP contribution in [0.3, 0.4) is 0 Å². The molecule has 0 saturated heterocycles. The first kappa shape index (κ1) is 12.0. The van der Waals surface area contributed by atoms with Crippen LogP contribution in [0.5, 0.6) is 0 Å². The van der Waals surface area contributed by atoms with Gasteiger partial charge in [-0.3, -0.25) is 4.79 Å². The van der Waals surface area contributed by atoms with Crippen molar-refractivity contribution < 1.29 is 4.79 Å². The molecule has 13 heavy (non-hydrogen) atoms. The number of rotatable bonds is 5. The minimum absolute atomic E-state index is 0.175. The molecular weight excluding hydrogens is 162 g/mol. The molecule has 0 rings (SSSR count). The maximum Gasteiger partial charge on any atom is 0.223 e. The van der Waals surface area contributed by atoms with Crippen molar-refractivity contribution in [3.05, 3.63) is 0 Å². The van der Waals surface area contributed by atoms with Crippen molar-refractivity contribution in [2.45, 2.75) is 33.6 Å². The van der Waals surface area contributed by atoms with Crippen molar-refractivity contribution in [3.8, 4) is 12.3 Å². The Morgan fingerprint density at radius 1 is 1.54 bits per heavy atom. The van der Waals surface area contributed by atoms with Crippen LogP contribution >= 0.6 is 0 Å². The molecule has 0 bridgehead atoms. The van der Waals surface area contributed by atoms with Crippen LogP contribution in [0.4, 0.5) is 0 Å². The molecule has 0 aliphatic heterocycles. The van der Waals surface area contributed by atoms with E-state index in [0.717, 1.165) is 6.42 Å². The number of hydrogen-bond acceptors (Lipinski definition) is 1. The molecule has 0 saturated carbocycles. The molecule has 0 fully saturated rings. The Labute approximate surface area is 81.3 Å². The molecule has 0 aromatic heterocycles. The number of terminal acetylenes is 1. The van der Waals surface area contributed by atoms with Crippen LogP contribution in [-0.4, -0.2) is 23.9 Å². The molecule has 2 heteroatoms. The van der Waals surface area contributed by atoms with Gasteiger partial charge in [-0.1, -0.05) is 19.8 Å². The van der Waals surface area contributed by atoms with Crippen molar-refractivity contribution in [1.82, 2.24) is 4.90 Å². The van der Waals surface area contributed by atoms with Crippen LogP contribution in [0.25, 0.3) is 0 Å². The maximum absolute atomic E-state index is 11.5. The van der Waals surface area contributed by atoms with Gasteiger partial charge in [0.05, 0.1) is 6.54 Å². The lowest BCUT2D eigenvalue weighted by atomic mass is 10.1. The molecule has 74 valence electrons. The monoisotopic (exact) mass is 181 g/mol. The van der Waals surface area contributed by atoms with Crippen LogP contribution in [-0.2, 0) is 4.79 Å². The normalized spacial score (nSPS) is 9.77. The van der Waals surface area contributed by atoms with Gasteiger partial charge in [-0.2, -0.15) is 0 Å². The Hall–Kier alpha value is -0.970. The summed E-state index contributed by atoms with van der Waals surface area (Å²) in [5.74, 6) is 3.24. The molecule has 0 radical (unpaired) electrons. The molecule has 0 aromatic carbocycles. The van der Waals surface area contributed by atoms with Gasteiger partial charge in [-0.05, 0) is 19.3 Å². The second-order valence-corrected chi connectivity index (χ2v) is 3.54. The van der Waals surface area contributed by atoms with Crippen molar-refractivity contribution in [2.24, 2.45) is 5.92 Å². The van der Waals surface area contributed by atoms with Crippen LogP contribution < -0.4 is 0 Å². The molecule has 0 atom stereocenters. The summed E-state index contributed by atoms with van der Waals surface area (Å²) in [5.41, 5.74) is 0. The quantitative estimate of drug-likeness (QED) is 0.593. The van der Waals surface area contributed by atoms with Crippen molar-refractivity contribution in [1.29, 1.82) is 0 Å². The average Bonchev–Trinajstić information content (AvgIpc) is 2.10. The van der Waals surface area contributed by atoms with Gasteiger partial charge in [-0.25, -0.2) is 0 Å². The van der Waals surface area contributed by atoms with E-state index in [1.807, 2.05) is 6.92 Å². The van der Waals surface area contributed by atoms with Crippen LogP contribution in [0.1, 0.15) is 33.6 Å². The lowest BCUT2D eigenvalue weighted by Crippen LogP contribution is -2.31. The fourth-order valence-corrected chi connectivity index (χ4v) is 1.06. The zero-order valence-corrected chi connectivity index (χ0v) is 8.84. The highest BCUT2D eigenvalue weighted by molar-refractivity contribution is 5.76. The number of nitrogens with zero attached hydrogens (tertiary/aromatic N) is 1. The number of carbonyl (C=O) groups is 1. The predicted octanol–water partition coefficient (Wildman–Crippen LogP) is 1.90. The Morgan fingerprint density at radius 2 is 2.15 bits per heavy atom. The zero-order chi connectivity index (χ0) is 10.3. The molecule has 0 unspecified atom stereocenters. The van der Waals surface area contributed by atoms with Crippen molar-refractivity contribution in [3.63, 3.8) is 0 Å². The Kier molecular flexibility index (Phi) is 6.05. The zero-order valence-electron chi connectivity index (χ0n) is 8.84. The first-order valence-corrected chi connectivity index (χ1v) is 4.83. The van der Waals surface area contributed by atoms with E-state index in [0.29, 0.717) is 25.4 Å². The Balaban J connectivity index is 3.86. The van der Waals surface area contributed by atoms with Crippen molar-refractivity contribution >= 4 is 5.91 Å². The highest BCUT2D eigenvalue weighted by atomic mass is 16.2. The molecule has 0 spiro atoms. The fourth-order valence-electron chi connectivity index (χ4n) is 1.06. The predicted molar refractivity (Wildman–Crippen MR) is 55.2 cm³/mol. The van der Waals surface area contributed by atoms with Crippen LogP contribution in [0.15, 0.2) is 0 Å². The van der Waals surface area contributed by atoms with Gasteiger partial charge in [0.15, 0.2) is 0 Å². The molecular formula is C11H19NO. The van der Waals surface area contributed by atoms with Crippen molar-refractivity contribution in [2.75, 3.05) is 13.1 Å². The third-order valence-electron chi connectivity index (χ3n) is 1.95. The average molecular weight is 181 g/mol. The van der Waals surface area contributed by atoms with Gasteiger partial charge in [0, 0.05) is 13.0 Å². The van der Waals surface area contributed by atoms with Gasteiger partial charge in [-0.15, -0.1) is 6.42 Å². The van der Waals surface area contributed by atoms with Crippen LogP contribution in [0, 0.1) is 18.3 Å². The molecule has 0 aliphatic rings. The summed E-state index contributed by atoms with van der Waals surface area (Å²) in [6.07, 6.45) is 6.72. The second kappa shape index (κ2) is 6.54. The van der Waals surface area contributed by atoms with E-state index in [1.165, 1.54) is 0 Å². The van der Waals surface area contributed by atoms with Gasteiger partial charge in [0.1, 0.15) is 0 Å².